The largest absolute Gasteiger partial charge is 0.308 e. The molecule has 10 heteroatoms. The second-order valence-electron chi connectivity index (χ2n) is 10.0. The van der Waals surface area contributed by atoms with E-state index in [9.17, 15) is 13.2 Å². The van der Waals surface area contributed by atoms with Crippen LogP contribution in [-0.4, -0.2) is 54.8 Å². The Balaban J connectivity index is 1.92. The summed E-state index contributed by atoms with van der Waals surface area (Å²) in [4.78, 5) is 12.9. The molecular formula is C20H38N6O3S. The molecule has 0 radical (unpaired) electrons. The van der Waals surface area contributed by atoms with Gasteiger partial charge in [0.2, 0.25) is 15.9 Å². The van der Waals surface area contributed by atoms with Gasteiger partial charge in [-0.1, -0.05) is 5.22 Å². The van der Waals surface area contributed by atoms with Gasteiger partial charge in [0.25, 0.3) is 0 Å². The minimum absolute atomic E-state index is 0.0284. The van der Waals surface area contributed by atoms with Crippen molar-refractivity contribution in [2.75, 3.05) is 6.26 Å². The highest BCUT2D eigenvalue weighted by molar-refractivity contribution is 7.88. The van der Waals surface area contributed by atoms with Gasteiger partial charge in [-0.2, -0.15) is 0 Å². The van der Waals surface area contributed by atoms with E-state index in [4.69, 9.17) is 0 Å². The minimum Gasteiger partial charge on any atom is -0.308 e. The molecule has 0 saturated heterocycles. The average Bonchev–Trinajstić information content (AvgIpc) is 2.76. The summed E-state index contributed by atoms with van der Waals surface area (Å²) in [6, 6.07) is 0.314. The smallest absolute Gasteiger partial charge is 0.245 e. The summed E-state index contributed by atoms with van der Waals surface area (Å²) in [5.74, 6) is 0.301. The first-order chi connectivity index (χ1) is 13.7. The van der Waals surface area contributed by atoms with Gasteiger partial charge in [-0.05, 0) is 79.7 Å². The second kappa shape index (κ2) is 9.32. The molecule has 0 aromatic rings. The fourth-order valence-corrected chi connectivity index (χ4v) is 4.83. The number of nitrogens with one attached hydrogen (secondary N) is 3. The number of amides is 1. The van der Waals surface area contributed by atoms with Gasteiger partial charge in [-0.3, -0.25) is 9.80 Å². The molecule has 0 aromatic carbocycles. The van der Waals surface area contributed by atoms with Crippen molar-refractivity contribution in [3.05, 3.63) is 11.9 Å². The zero-order valence-electron chi connectivity index (χ0n) is 19.3. The molecule has 30 heavy (non-hydrogen) atoms. The van der Waals surface area contributed by atoms with Crippen molar-refractivity contribution < 1.29 is 13.2 Å². The highest BCUT2D eigenvalue weighted by Crippen LogP contribution is 2.24. The maximum absolute atomic E-state index is 12.9. The molecule has 1 aliphatic heterocycles. The van der Waals surface area contributed by atoms with E-state index in [-0.39, 0.29) is 29.6 Å². The second-order valence-corrected chi connectivity index (χ2v) is 11.8. The third-order valence-electron chi connectivity index (χ3n) is 5.49. The van der Waals surface area contributed by atoms with Crippen LogP contribution in [0.2, 0.25) is 0 Å². The zero-order chi connectivity index (χ0) is 22.7. The lowest BCUT2D eigenvalue weighted by Crippen LogP contribution is -2.57. The maximum atomic E-state index is 12.9. The van der Waals surface area contributed by atoms with Crippen molar-refractivity contribution in [2.45, 2.75) is 103 Å². The van der Waals surface area contributed by atoms with Gasteiger partial charge in [0.15, 0.2) is 5.82 Å². The van der Waals surface area contributed by atoms with Crippen LogP contribution in [0.25, 0.3) is 0 Å². The lowest BCUT2D eigenvalue weighted by Gasteiger charge is -2.35. The third kappa shape index (κ3) is 7.31. The normalized spacial score (nSPS) is 26.2. The van der Waals surface area contributed by atoms with Crippen molar-refractivity contribution >= 4 is 15.9 Å². The van der Waals surface area contributed by atoms with Crippen molar-refractivity contribution in [3.63, 3.8) is 0 Å². The van der Waals surface area contributed by atoms with E-state index in [0.29, 0.717) is 5.82 Å². The Kier molecular flexibility index (Phi) is 7.68. The first-order valence-electron chi connectivity index (χ1n) is 10.6. The lowest BCUT2D eigenvalue weighted by atomic mass is 9.89. The highest BCUT2D eigenvalue weighted by Gasteiger charge is 2.33. The molecular weight excluding hydrogens is 404 g/mol. The SMILES string of the molecule is CC1CC=C(NC(=O)C(C)(C)NC2CCC(NS(C)(=O)=O)CC2)N=NN1C(C)(C)C. The molecule has 1 heterocycles. The summed E-state index contributed by atoms with van der Waals surface area (Å²) >= 11 is 0. The summed E-state index contributed by atoms with van der Waals surface area (Å²) in [5.41, 5.74) is -0.943. The molecule has 9 nitrogen and oxygen atoms in total. The molecule has 1 atom stereocenters. The van der Waals surface area contributed by atoms with Crippen LogP contribution >= 0.6 is 0 Å². The topological polar surface area (TPSA) is 115 Å². The summed E-state index contributed by atoms with van der Waals surface area (Å²) in [6.45, 7) is 12.0. The Labute approximate surface area is 181 Å². The van der Waals surface area contributed by atoms with E-state index >= 15 is 0 Å². The zero-order valence-corrected chi connectivity index (χ0v) is 20.1. The predicted octanol–water partition coefficient (Wildman–Crippen LogP) is 2.43. The third-order valence-corrected chi connectivity index (χ3v) is 6.25. The minimum atomic E-state index is -3.19. The van der Waals surface area contributed by atoms with Crippen molar-refractivity contribution in [1.29, 1.82) is 0 Å². The highest BCUT2D eigenvalue weighted by atomic mass is 32.2. The summed E-state index contributed by atoms with van der Waals surface area (Å²) in [5, 5.41) is 16.9. The first kappa shape index (κ1) is 24.7. The number of nitrogens with zero attached hydrogens (tertiary/aromatic N) is 3. The molecule has 0 bridgehead atoms. The van der Waals surface area contributed by atoms with Gasteiger partial charge in [0.05, 0.1) is 23.4 Å². The molecule has 2 aliphatic rings. The molecule has 3 N–H and O–H groups in total. The number of carbonyl (C=O) groups is 1. The van der Waals surface area contributed by atoms with E-state index in [1.54, 1.807) is 0 Å². The Hall–Kier alpha value is -1.52. The molecule has 1 saturated carbocycles. The van der Waals surface area contributed by atoms with Crippen LogP contribution in [0, 0.1) is 0 Å². The molecule has 1 unspecified atom stereocenters. The average molecular weight is 443 g/mol. The van der Waals surface area contributed by atoms with Gasteiger partial charge in [-0.25, -0.2) is 13.1 Å². The van der Waals surface area contributed by atoms with Gasteiger partial charge in [-0.15, -0.1) is 5.11 Å². The first-order valence-corrected chi connectivity index (χ1v) is 12.5. The van der Waals surface area contributed by atoms with Crippen LogP contribution in [0.5, 0.6) is 0 Å². The Bertz CT molecular complexity index is 777. The predicted molar refractivity (Wildman–Crippen MR) is 118 cm³/mol. The fraction of sp³-hybridized carbons (Fsp3) is 0.850. The van der Waals surface area contributed by atoms with E-state index < -0.39 is 15.6 Å². The molecule has 0 spiro atoms. The number of sulfonamides is 1. The van der Waals surface area contributed by atoms with E-state index in [1.807, 2.05) is 24.9 Å². The van der Waals surface area contributed by atoms with E-state index in [0.717, 1.165) is 32.1 Å². The fourth-order valence-electron chi connectivity index (χ4n) is 3.99. The number of rotatable bonds is 6. The van der Waals surface area contributed by atoms with Crippen LogP contribution in [0.15, 0.2) is 22.2 Å². The molecule has 0 aromatic heterocycles. The molecule has 1 amide bonds. The van der Waals surface area contributed by atoms with E-state index in [2.05, 4.69) is 53.4 Å². The van der Waals surface area contributed by atoms with Gasteiger partial charge in [0.1, 0.15) is 0 Å². The van der Waals surface area contributed by atoms with Crippen LogP contribution in [0.3, 0.4) is 0 Å². The Morgan fingerprint density at radius 3 is 2.20 bits per heavy atom. The van der Waals surface area contributed by atoms with Crippen molar-refractivity contribution in [1.82, 2.24) is 20.4 Å². The Morgan fingerprint density at radius 2 is 1.67 bits per heavy atom. The maximum Gasteiger partial charge on any atom is 0.245 e. The number of hydrogen-bond acceptors (Lipinski definition) is 7. The lowest BCUT2D eigenvalue weighted by molar-refractivity contribution is -0.126. The van der Waals surface area contributed by atoms with E-state index in [1.165, 1.54) is 6.26 Å². The van der Waals surface area contributed by atoms with Gasteiger partial charge in [0, 0.05) is 12.1 Å². The van der Waals surface area contributed by atoms with Crippen LogP contribution in [-0.2, 0) is 14.8 Å². The molecule has 1 fully saturated rings. The van der Waals surface area contributed by atoms with Crippen LogP contribution in [0.4, 0.5) is 0 Å². The van der Waals surface area contributed by atoms with Crippen molar-refractivity contribution in [3.8, 4) is 0 Å². The molecule has 2 rings (SSSR count). The standard InChI is InChI=1S/C20H38N6O3S/c1-14-8-13-17(23-25-26(14)19(2,3)4)21-18(27)20(5,6)22-15-9-11-16(12-10-15)24-30(7,28)29/h13-16,22,24H,8-12H2,1-7H3,(H,21,27). The molecule has 172 valence electrons. The summed E-state index contributed by atoms with van der Waals surface area (Å²) in [6.07, 6.45) is 6.96. The monoisotopic (exact) mass is 442 g/mol. The molecule has 1 aliphatic carbocycles. The number of hydrogen-bond donors (Lipinski definition) is 3. The van der Waals surface area contributed by atoms with Crippen molar-refractivity contribution in [2.24, 2.45) is 10.3 Å². The quantitative estimate of drug-likeness (QED) is 0.584. The number of carbonyl (C=O) groups excluding carboxylic acids is 1. The van der Waals surface area contributed by atoms with Crippen LogP contribution in [0.1, 0.15) is 73.6 Å². The van der Waals surface area contributed by atoms with Gasteiger partial charge >= 0.3 is 0 Å². The van der Waals surface area contributed by atoms with Gasteiger partial charge < -0.3 is 10.6 Å². The Morgan fingerprint density at radius 1 is 1.10 bits per heavy atom. The summed E-state index contributed by atoms with van der Waals surface area (Å²) in [7, 11) is -3.19. The summed E-state index contributed by atoms with van der Waals surface area (Å²) < 4.78 is 25.5. The van der Waals surface area contributed by atoms with Crippen LogP contribution < -0.4 is 15.4 Å².